The summed E-state index contributed by atoms with van der Waals surface area (Å²) >= 11 is 10.7. The highest BCUT2D eigenvalue weighted by Gasteiger charge is 2.05. The molecule has 0 spiro atoms. The van der Waals surface area contributed by atoms with Crippen LogP contribution in [-0.4, -0.2) is 29.8 Å². The highest BCUT2D eigenvalue weighted by molar-refractivity contribution is 7.81. The molecule has 0 fully saturated rings. The minimum atomic E-state index is 0.446. The molecular formula is C21H20N8S2. The Labute approximate surface area is 190 Å². The highest BCUT2D eigenvalue weighted by atomic mass is 32.1. The Morgan fingerprint density at radius 3 is 1.42 bits per heavy atom. The number of thiocarbonyl (C=S) groups is 2. The van der Waals surface area contributed by atoms with Crippen molar-refractivity contribution in [2.45, 2.75) is 6.67 Å². The zero-order valence-corrected chi connectivity index (χ0v) is 18.0. The molecule has 0 aliphatic heterocycles. The maximum absolute atomic E-state index is 5.34. The van der Waals surface area contributed by atoms with Gasteiger partial charge in [-0.05, 0) is 48.7 Å². The number of rotatable bonds is 6. The molecule has 0 unspecified atom stereocenters. The zero-order valence-electron chi connectivity index (χ0n) is 16.4. The largest absolute Gasteiger partial charge is 0.332 e. The Bertz CT molecular complexity index is 1060. The van der Waals surface area contributed by atoms with E-state index in [1.165, 1.54) is 0 Å². The first-order chi connectivity index (χ1) is 15.1. The van der Waals surface area contributed by atoms with Gasteiger partial charge >= 0.3 is 0 Å². The number of aromatic nitrogens is 4. The van der Waals surface area contributed by atoms with Gasteiger partial charge in [-0.3, -0.25) is 0 Å². The van der Waals surface area contributed by atoms with Crippen LogP contribution < -0.4 is 21.3 Å². The van der Waals surface area contributed by atoms with Gasteiger partial charge in [-0.1, -0.05) is 36.4 Å². The molecule has 0 atom stereocenters. The average molecular weight is 449 g/mol. The van der Waals surface area contributed by atoms with Gasteiger partial charge in [-0.25, -0.2) is 9.36 Å². The first-order valence-corrected chi connectivity index (χ1v) is 10.3. The molecule has 0 bridgehead atoms. The standard InChI is InChI=1S/C21H20N8S2/c30-20(24-16-7-3-1-4-8-16)26-18-11-22-28(13-18)15-29-14-19(12-23-29)27-21(31)25-17-9-5-2-6-10-17/h1-14H,15H2,(H2,24,26,30)(H2,25,27,31). The molecule has 4 N–H and O–H groups in total. The van der Waals surface area contributed by atoms with E-state index in [1.54, 1.807) is 21.8 Å². The topological polar surface area (TPSA) is 83.8 Å². The fourth-order valence-electron chi connectivity index (χ4n) is 2.79. The Morgan fingerprint density at radius 2 is 1.00 bits per heavy atom. The summed E-state index contributed by atoms with van der Waals surface area (Å²) in [5.41, 5.74) is 3.41. The first-order valence-electron chi connectivity index (χ1n) is 9.45. The Balaban J connectivity index is 1.28. The van der Waals surface area contributed by atoms with Crippen LogP contribution in [0.2, 0.25) is 0 Å². The van der Waals surface area contributed by atoms with Crippen LogP contribution in [0.3, 0.4) is 0 Å². The van der Waals surface area contributed by atoms with E-state index in [0.717, 1.165) is 22.7 Å². The van der Waals surface area contributed by atoms with Gasteiger partial charge in [0.25, 0.3) is 0 Å². The van der Waals surface area contributed by atoms with Crippen molar-refractivity contribution in [1.29, 1.82) is 0 Å². The van der Waals surface area contributed by atoms with Crippen LogP contribution in [0.1, 0.15) is 0 Å². The van der Waals surface area contributed by atoms with Gasteiger partial charge < -0.3 is 21.3 Å². The zero-order chi connectivity index (χ0) is 21.5. The molecule has 0 saturated carbocycles. The molecule has 4 rings (SSSR count). The lowest BCUT2D eigenvalue weighted by Crippen LogP contribution is -2.18. The van der Waals surface area contributed by atoms with E-state index in [1.807, 2.05) is 73.1 Å². The quantitative estimate of drug-likeness (QED) is 0.327. The summed E-state index contributed by atoms with van der Waals surface area (Å²) in [6.07, 6.45) is 7.13. The fourth-order valence-corrected chi connectivity index (χ4v) is 3.26. The predicted octanol–water partition coefficient (Wildman–Crippen LogP) is 4.20. The lowest BCUT2D eigenvalue weighted by molar-refractivity contribution is 0.503. The lowest BCUT2D eigenvalue weighted by Gasteiger charge is -2.08. The van der Waals surface area contributed by atoms with Crippen LogP contribution in [0.5, 0.6) is 0 Å². The molecular weight excluding hydrogens is 428 g/mol. The Hall–Kier alpha value is -3.76. The van der Waals surface area contributed by atoms with E-state index in [4.69, 9.17) is 24.4 Å². The summed E-state index contributed by atoms with van der Waals surface area (Å²) in [6.45, 7) is 0.446. The SMILES string of the molecule is S=C(Nc1ccccc1)Nc1cnn(Cn2cc(NC(=S)Nc3ccccc3)cn2)c1. The number of para-hydroxylation sites is 2. The van der Waals surface area contributed by atoms with Crippen molar-refractivity contribution in [3.63, 3.8) is 0 Å². The molecule has 31 heavy (non-hydrogen) atoms. The number of nitrogens with one attached hydrogen (secondary N) is 4. The molecule has 0 aliphatic rings. The van der Waals surface area contributed by atoms with Crippen molar-refractivity contribution in [3.05, 3.63) is 85.5 Å². The van der Waals surface area contributed by atoms with Crippen LogP contribution in [0.15, 0.2) is 85.5 Å². The summed E-state index contributed by atoms with van der Waals surface area (Å²) in [4.78, 5) is 0. The van der Waals surface area contributed by atoms with Crippen molar-refractivity contribution < 1.29 is 0 Å². The Kier molecular flexibility index (Phi) is 6.50. The van der Waals surface area contributed by atoms with Crippen LogP contribution in [-0.2, 0) is 6.67 Å². The van der Waals surface area contributed by atoms with Gasteiger partial charge in [0, 0.05) is 11.4 Å². The van der Waals surface area contributed by atoms with Crippen molar-refractivity contribution in [2.75, 3.05) is 21.3 Å². The van der Waals surface area contributed by atoms with Gasteiger partial charge in [0.15, 0.2) is 10.2 Å². The van der Waals surface area contributed by atoms with Gasteiger partial charge in [0.1, 0.15) is 6.67 Å². The molecule has 8 nitrogen and oxygen atoms in total. The maximum Gasteiger partial charge on any atom is 0.175 e. The molecule has 2 heterocycles. The molecule has 2 aromatic heterocycles. The monoisotopic (exact) mass is 448 g/mol. The van der Waals surface area contributed by atoms with Gasteiger partial charge in [-0.15, -0.1) is 0 Å². The molecule has 0 aliphatic carbocycles. The van der Waals surface area contributed by atoms with Crippen molar-refractivity contribution in [1.82, 2.24) is 19.6 Å². The summed E-state index contributed by atoms with van der Waals surface area (Å²) in [5, 5.41) is 22.2. The van der Waals surface area contributed by atoms with Crippen molar-refractivity contribution in [3.8, 4) is 0 Å². The van der Waals surface area contributed by atoms with E-state index >= 15 is 0 Å². The summed E-state index contributed by atoms with van der Waals surface area (Å²) in [6, 6.07) is 19.5. The average Bonchev–Trinajstić information content (AvgIpc) is 3.38. The first kappa shape index (κ1) is 20.5. The predicted molar refractivity (Wildman–Crippen MR) is 132 cm³/mol. The van der Waals surface area contributed by atoms with E-state index < -0.39 is 0 Å². The number of hydrogen-bond acceptors (Lipinski definition) is 4. The van der Waals surface area contributed by atoms with Crippen LogP contribution in [0.4, 0.5) is 22.7 Å². The number of anilines is 4. The molecule has 0 amide bonds. The molecule has 156 valence electrons. The number of nitrogens with zero attached hydrogens (tertiary/aromatic N) is 4. The molecule has 4 aromatic rings. The van der Waals surface area contributed by atoms with Crippen LogP contribution in [0.25, 0.3) is 0 Å². The van der Waals surface area contributed by atoms with Crippen LogP contribution >= 0.6 is 24.4 Å². The van der Waals surface area contributed by atoms with Gasteiger partial charge in [0.05, 0.1) is 36.2 Å². The summed E-state index contributed by atoms with van der Waals surface area (Å²) < 4.78 is 3.51. The highest BCUT2D eigenvalue weighted by Crippen LogP contribution is 2.11. The normalized spacial score (nSPS) is 10.3. The second kappa shape index (κ2) is 9.83. The van der Waals surface area contributed by atoms with Crippen LogP contribution in [0, 0.1) is 0 Å². The minimum absolute atomic E-state index is 0.446. The third kappa shape index (κ3) is 6.11. The van der Waals surface area contributed by atoms with Crippen molar-refractivity contribution in [2.24, 2.45) is 0 Å². The smallest absolute Gasteiger partial charge is 0.175 e. The minimum Gasteiger partial charge on any atom is -0.332 e. The van der Waals surface area contributed by atoms with Crippen molar-refractivity contribution >= 4 is 57.4 Å². The van der Waals surface area contributed by atoms with Gasteiger partial charge in [0.2, 0.25) is 0 Å². The number of hydrogen-bond donors (Lipinski definition) is 4. The summed E-state index contributed by atoms with van der Waals surface area (Å²) in [7, 11) is 0. The van der Waals surface area contributed by atoms with E-state index in [9.17, 15) is 0 Å². The van der Waals surface area contributed by atoms with Gasteiger partial charge in [-0.2, -0.15) is 10.2 Å². The van der Waals surface area contributed by atoms with E-state index in [0.29, 0.717) is 16.9 Å². The van der Waals surface area contributed by atoms with E-state index in [-0.39, 0.29) is 0 Å². The third-order valence-corrected chi connectivity index (χ3v) is 4.54. The second-order valence-electron chi connectivity index (χ2n) is 6.57. The molecule has 0 saturated heterocycles. The molecule has 0 radical (unpaired) electrons. The molecule has 2 aromatic carbocycles. The van der Waals surface area contributed by atoms with E-state index in [2.05, 4.69) is 31.5 Å². The second-order valence-corrected chi connectivity index (χ2v) is 7.39. The lowest BCUT2D eigenvalue weighted by atomic mass is 10.3. The third-order valence-electron chi connectivity index (χ3n) is 4.14. The number of benzene rings is 2. The Morgan fingerprint density at radius 1 is 0.613 bits per heavy atom. The molecule has 10 heteroatoms. The maximum atomic E-state index is 5.34. The fraction of sp³-hybridized carbons (Fsp3) is 0.0476. The summed E-state index contributed by atoms with van der Waals surface area (Å²) in [5.74, 6) is 0.